The summed E-state index contributed by atoms with van der Waals surface area (Å²) < 4.78 is 0. The Labute approximate surface area is 175 Å². The van der Waals surface area contributed by atoms with Crippen LogP contribution in [0, 0.1) is 18.3 Å². The van der Waals surface area contributed by atoms with E-state index in [1.165, 1.54) is 11.1 Å². The lowest BCUT2D eigenvalue weighted by Gasteiger charge is -2.25. The van der Waals surface area contributed by atoms with Crippen LogP contribution in [0.2, 0.25) is 0 Å². The minimum atomic E-state index is -0.609. The van der Waals surface area contributed by atoms with Gasteiger partial charge in [-0.25, -0.2) is 19.9 Å². The standard InChI is InChI=1S/C22H24N6O2/c1-13-24-11-15(12-25-13)14-6-7-16-18(10-14)28(20(30)22(16,2)3)21-23-9-8-17(26-21)19(29)27(4)5/h6,8-12,16H,7H2,1-5H3. The van der Waals surface area contributed by atoms with E-state index in [9.17, 15) is 9.59 Å². The van der Waals surface area contributed by atoms with Gasteiger partial charge in [-0.2, -0.15) is 0 Å². The summed E-state index contributed by atoms with van der Waals surface area (Å²) in [6, 6.07) is 1.55. The van der Waals surface area contributed by atoms with Crippen molar-refractivity contribution in [3.8, 4) is 0 Å². The van der Waals surface area contributed by atoms with Gasteiger partial charge in [0.25, 0.3) is 5.91 Å². The first-order valence-corrected chi connectivity index (χ1v) is 9.80. The number of allylic oxidation sites excluding steroid dienone is 4. The number of fused-ring (bicyclic) bond motifs is 1. The summed E-state index contributed by atoms with van der Waals surface area (Å²) in [5.74, 6) is 0.599. The Morgan fingerprint density at radius 2 is 1.90 bits per heavy atom. The van der Waals surface area contributed by atoms with Gasteiger partial charge in [0.2, 0.25) is 11.9 Å². The number of carbonyl (C=O) groups is 2. The van der Waals surface area contributed by atoms with Gasteiger partial charge in [-0.1, -0.05) is 19.9 Å². The minimum Gasteiger partial charge on any atom is -0.343 e. The number of rotatable bonds is 3. The van der Waals surface area contributed by atoms with Crippen LogP contribution in [0.5, 0.6) is 0 Å². The Morgan fingerprint density at radius 1 is 1.20 bits per heavy atom. The number of nitrogens with zero attached hydrogens (tertiary/aromatic N) is 6. The smallest absolute Gasteiger partial charge is 0.272 e. The highest BCUT2D eigenvalue weighted by atomic mass is 16.2. The zero-order valence-corrected chi connectivity index (χ0v) is 17.7. The summed E-state index contributed by atoms with van der Waals surface area (Å²) >= 11 is 0. The van der Waals surface area contributed by atoms with Crippen molar-refractivity contribution in [2.24, 2.45) is 11.3 Å². The molecular weight excluding hydrogens is 380 g/mol. The predicted octanol–water partition coefficient (Wildman–Crippen LogP) is 2.64. The maximum absolute atomic E-state index is 13.4. The largest absolute Gasteiger partial charge is 0.343 e. The molecule has 1 atom stereocenters. The van der Waals surface area contributed by atoms with Crippen molar-refractivity contribution >= 4 is 23.3 Å². The zero-order valence-electron chi connectivity index (χ0n) is 17.7. The second kappa shape index (κ2) is 7.12. The second-order valence-electron chi connectivity index (χ2n) is 8.34. The lowest BCUT2D eigenvalue weighted by molar-refractivity contribution is -0.125. The number of aryl methyl sites for hydroxylation is 1. The number of aromatic nitrogens is 4. The number of hydrogen-bond acceptors (Lipinski definition) is 6. The molecular formula is C22H24N6O2. The van der Waals surface area contributed by atoms with Crippen molar-refractivity contribution in [2.75, 3.05) is 19.0 Å². The fourth-order valence-electron chi connectivity index (χ4n) is 3.88. The van der Waals surface area contributed by atoms with Gasteiger partial charge < -0.3 is 4.90 Å². The van der Waals surface area contributed by atoms with Crippen LogP contribution in [0.3, 0.4) is 0 Å². The molecule has 2 amide bonds. The van der Waals surface area contributed by atoms with Gasteiger partial charge in [0.05, 0.1) is 5.41 Å². The van der Waals surface area contributed by atoms with Crippen molar-refractivity contribution in [3.05, 3.63) is 59.6 Å². The molecule has 1 aliphatic carbocycles. The van der Waals surface area contributed by atoms with E-state index in [1.807, 2.05) is 26.8 Å². The molecule has 8 heteroatoms. The molecule has 2 aromatic rings. The summed E-state index contributed by atoms with van der Waals surface area (Å²) in [6.45, 7) is 5.72. The zero-order chi connectivity index (χ0) is 21.6. The Bertz CT molecular complexity index is 1090. The summed E-state index contributed by atoms with van der Waals surface area (Å²) in [5.41, 5.74) is 2.32. The molecule has 0 N–H and O–H groups in total. The van der Waals surface area contributed by atoms with Gasteiger partial charge in [-0.05, 0) is 31.1 Å². The summed E-state index contributed by atoms with van der Waals surface area (Å²) in [5, 5.41) is 0. The average molecular weight is 404 g/mol. The third kappa shape index (κ3) is 3.18. The molecule has 1 saturated heterocycles. The van der Waals surface area contributed by atoms with Crippen LogP contribution in [0.25, 0.3) is 5.57 Å². The maximum atomic E-state index is 13.4. The van der Waals surface area contributed by atoms with E-state index in [0.717, 1.165) is 16.8 Å². The summed E-state index contributed by atoms with van der Waals surface area (Å²) in [7, 11) is 3.32. The van der Waals surface area contributed by atoms with Crippen LogP contribution in [0.1, 0.15) is 42.1 Å². The van der Waals surface area contributed by atoms with Gasteiger partial charge in [0.15, 0.2) is 0 Å². The lowest BCUT2D eigenvalue weighted by Crippen LogP contribution is -2.33. The van der Waals surface area contributed by atoms with E-state index in [-0.39, 0.29) is 29.4 Å². The Hall–Kier alpha value is -3.42. The molecule has 154 valence electrons. The lowest BCUT2D eigenvalue weighted by atomic mass is 9.75. The molecule has 1 aliphatic heterocycles. The molecule has 30 heavy (non-hydrogen) atoms. The Balaban J connectivity index is 1.78. The third-order valence-corrected chi connectivity index (χ3v) is 5.70. The quantitative estimate of drug-likeness (QED) is 0.781. The molecule has 0 aromatic carbocycles. The molecule has 0 spiro atoms. The van der Waals surface area contributed by atoms with Gasteiger partial charge in [-0.3, -0.25) is 14.5 Å². The number of amides is 2. The highest BCUT2D eigenvalue weighted by Gasteiger charge is 2.52. The van der Waals surface area contributed by atoms with Crippen molar-refractivity contribution < 1.29 is 9.59 Å². The van der Waals surface area contributed by atoms with Crippen LogP contribution in [-0.4, -0.2) is 50.7 Å². The molecule has 0 radical (unpaired) electrons. The highest BCUT2D eigenvalue weighted by molar-refractivity contribution is 6.04. The van der Waals surface area contributed by atoms with Gasteiger partial charge >= 0.3 is 0 Å². The van der Waals surface area contributed by atoms with E-state index >= 15 is 0 Å². The van der Waals surface area contributed by atoms with Crippen molar-refractivity contribution in [1.29, 1.82) is 0 Å². The molecule has 2 aliphatic rings. The Morgan fingerprint density at radius 3 is 2.57 bits per heavy atom. The topological polar surface area (TPSA) is 92.2 Å². The number of anilines is 1. The van der Waals surface area contributed by atoms with Crippen LogP contribution in [0.4, 0.5) is 5.95 Å². The molecule has 1 unspecified atom stereocenters. The molecule has 3 heterocycles. The van der Waals surface area contributed by atoms with Crippen LogP contribution in [0.15, 0.2) is 42.5 Å². The van der Waals surface area contributed by atoms with E-state index in [2.05, 4.69) is 26.0 Å². The molecule has 2 aromatic heterocycles. The van der Waals surface area contributed by atoms with Crippen LogP contribution < -0.4 is 4.90 Å². The molecule has 4 rings (SSSR count). The first-order valence-electron chi connectivity index (χ1n) is 9.80. The fourth-order valence-corrected chi connectivity index (χ4v) is 3.88. The summed E-state index contributed by atoms with van der Waals surface area (Å²) in [4.78, 5) is 46.0. The monoisotopic (exact) mass is 404 g/mol. The normalized spacial score (nSPS) is 19.8. The molecule has 1 fully saturated rings. The van der Waals surface area contributed by atoms with Gasteiger partial charge in [0, 0.05) is 49.9 Å². The number of hydrogen-bond donors (Lipinski definition) is 0. The molecule has 0 saturated carbocycles. The van der Waals surface area contributed by atoms with E-state index < -0.39 is 5.41 Å². The van der Waals surface area contributed by atoms with E-state index in [4.69, 9.17) is 0 Å². The minimum absolute atomic E-state index is 0.00285. The van der Waals surface area contributed by atoms with Crippen molar-refractivity contribution in [1.82, 2.24) is 24.8 Å². The Kier molecular flexibility index (Phi) is 4.72. The summed E-state index contributed by atoms with van der Waals surface area (Å²) in [6.07, 6.45) is 9.89. The highest BCUT2D eigenvalue weighted by Crippen LogP contribution is 2.49. The van der Waals surface area contributed by atoms with Crippen molar-refractivity contribution in [3.63, 3.8) is 0 Å². The predicted molar refractivity (Wildman–Crippen MR) is 112 cm³/mol. The molecule has 8 nitrogen and oxygen atoms in total. The number of carbonyl (C=O) groups excluding carboxylic acids is 2. The maximum Gasteiger partial charge on any atom is 0.272 e. The van der Waals surface area contributed by atoms with Crippen LogP contribution >= 0.6 is 0 Å². The third-order valence-electron chi connectivity index (χ3n) is 5.70. The average Bonchev–Trinajstić information content (AvgIpc) is 2.93. The first kappa shape index (κ1) is 19.9. The van der Waals surface area contributed by atoms with E-state index in [0.29, 0.717) is 12.2 Å². The van der Waals surface area contributed by atoms with Gasteiger partial charge in [0.1, 0.15) is 11.5 Å². The SMILES string of the molecule is Cc1ncc(C2=CCC3C(=C2)N(c2nccc(C(=O)N(C)C)n2)C(=O)C3(C)C)cn1. The van der Waals surface area contributed by atoms with Gasteiger partial charge in [-0.15, -0.1) is 0 Å². The first-order chi connectivity index (χ1) is 14.2. The second-order valence-corrected chi connectivity index (χ2v) is 8.34. The van der Waals surface area contributed by atoms with Crippen LogP contribution in [-0.2, 0) is 4.79 Å². The molecule has 0 bridgehead atoms. The van der Waals surface area contributed by atoms with E-state index in [1.54, 1.807) is 37.5 Å². The fraction of sp³-hybridized carbons (Fsp3) is 0.364. The van der Waals surface area contributed by atoms with Crippen molar-refractivity contribution in [2.45, 2.75) is 27.2 Å².